The molecule has 0 atom stereocenters. The second-order valence-corrected chi connectivity index (χ2v) is 9.58. The van der Waals surface area contributed by atoms with Crippen LogP contribution in [0.5, 0.6) is 0 Å². The second-order valence-electron chi connectivity index (χ2n) is 5.96. The number of amides is 1. The number of thiophene rings is 1. The Morgan fingerprint density at radius 2 is 1.88 bits per heavy atom. The van der Waals surface area contributed by atoms with Crippen LogP contribution in [-0.2, 0) is 27.7 Å². The molecule has 0 radical (unpaired) electrons. The molecule has 4 rings (SSSR count). The van der Waals surface area contributed by atoms with Gasteiger partial charge in [0, 0.05) is 18.7 Å². The van der Waals surface area contributed by atoms with E-state index < -0.39 is 10.0 Å². The highest BCUT2D eigenvalue weighted by Gasteiger charge is 2.30. The summed E-state index contributed by atoms with van der Waals surface area (Å²) in [4.78, 5) is 13.9. The number of hydrogen-bond acceptors (Lipinski definition) is 4. The lowest BCUT2D eigenvalue weighted by Gasteiger charge is -2.35. The predicted molar refractivity (Wildman–Crippen MR) is 95.6 cm³/mol. The number of rotatable bonds is 3. The summed E-state index contributed by atoms with van der Waals surface area (Å²) in [6.45, 7) is 0.748. The molecule has 2 aliphatic rings. The molecular formula is C16H15ClN2O3S2. The van der Waals surface area contributed by atoms with E-state index in [1.165, 1.54) is 6.07 Å². The predicted octanol–water partition coefficient (Wildman–Crippen LogP) is 3.43. The van der Waals surface area contributed by atoms with Gasteiger partial charge < -0.3 is 4.90 Å². The molecule has 0 spiro atoms. The number of sulfonamides is 1. The smallest absolute Gasteiger partial charge is 0.271 e. The van der Waals surface area contributed by atoms with Gasteiger partial charge in [0.05, 0.1) is 10.0 Å². The maximum atomic E-state index is 12.5. The zero-order chi connectivity index (χ0) is 16.9. The zero-order valence-electron chi connectivity index (χ0n) is 12.7. The monoisotopic (exact) mass is 382 g/mol. The fraction of sp³-hybridized carbons (Fsp3) is 0.312. The highest BCUT2D eigenvalue weighted by Crippen LogP contribution is 2.38. The number of nitrogens with zero attached hydrogens (tertiary/aromatic N) is 1. The highest BCUT2D eigenvalue weighted by molar-refractivity contribution is 7.94. The quantitative estimate of drug-likeness (QED) is 0.884. The average Bonchev–Trinajstić information content (AvgIpc) is 2.98. The van der Waals surface area contributed by atoms with Gasteiger partial charge in [-0.3, -0.25) is 9.52 Å². The van der Waals surface area contributed by atoms with Gasteiger partial charge in [0.1, 0.15) is 4.21 Å². The van der Waals surface area contributed by atoms with E-state index in [0.717, 1.165) is 47.5 Å². The van der Waals surface area contributed by atoms with Gasteiger partial charge in [0.2, 0.25) is 5.91 Å². The first kappa shape index (κ1) is 15.9. The Labute approximate surface area is 149 Å². The van der Waals surface area contributed by atoms with Crippen molar-refractivity contribution in [2.45, 2.75) is 29.9 Å². The molecule has 0 saturated heterocycles. The van der Waals surface area contributed by atoms with Crippen molar-refractivity contribution in [2.75, 3.05) is 16.2 Å². The molecule has 2 aromatic rings. The molecule has 0 unspecified atom stereocenters. The van der Waals surface area contributed by atoms with Crippen LogP contribution >= 0.6 is 22.9 Å². The third kappa shape index (κ3) is 2.70. The van der Waals surface area contributed by atoms with Crippen LogP contribution in [0.4, 0.5) is 11.4 Å². The van der Waals surface area contributed by atoms with Crippen LogP contribution in [0.15, 0.2) is 28.5 Å². The summed E-state index contributed by atoms with van der Waals surface area (Å²) in [5.74, 6) is 0.157. The lowest BCUT2D eigenvalue weighted by Crippen LogP contribution is -2.39. The van der Waals surface area contributed by atoms with E-state index in [1.807, 2.05) is 17.0 Å². The van der Waals surface area contributed by atoms with E-state index >= 15 is 0 Å². The molecule has 1 aromatic heterocycles. The van der Waals surface area contributed by atoms with Gasteiger partial charge in [-0.1, -0.05) is 11.6 Å². The third-order valence-corrected chi connectivity index (χ3v) is 7.44. The minimum atomic E-state index is -3.65. The molecule has 0 bridgehead atoms. The molecule has 2 aliphatic heterocycles. The Bertz CT molecular complexity index is 920. The van der Waals surface area contributed by atoms with Crippen LogP contribution in [0, 0.1) is 0 Å². The Morgan fingerprint density at radius 3 is 2.58 bits per heavy atom. The van der Waals surface area contributed by atoms with Gasteiger partial charge in [-0.2, -0.15) is 0 Å². The number of hydrogen-bond donors (Lipinski definition) is 1. The first-order valence-corrected chi connectivity index (χ1v) is 10.4. The number of halogens is 1. The van der Waals surface area contributed by atoms with Crippen molar-refractivity contribution >= 4 is 50.2 Å². The fourth-order valence-electron chi connectivity index (χ4n) is 3.36. The van der Waals surface area contributed by atoms with Crippen LogP contribution in [0.3, 0.4) is 0 Å². The maximum Gasteiger partial charge on any atom is 0.271 e. The third-order valence-electron chi connectivity index (χ3n) is 4.34. The Kier molecular flexibility index (Phi) is 3.82. The number of anilines is 2. The zero-order valence-corrected chi connectivity index (χ0v) is 15.1. The molecule has 3 heterocycles. The van der Waals surface area contributed by atoms with E-state index in [9.17, 15) is 13.2 Å². The first-order valence-electron chi connectivity index (χ1n) is 7.68. The molecule has 0 fully saturated rings. The van der Waals surface area contributed by atoms with Crippen molar-refractivity contribution in [3.8, 4) is 0 Å². The Morgan fingerprint density at radius 1 is 1.12 bits per heavy atom. The van der Waals surface area contributed by atoms with E-state index in [1.54, 1.807) is 6.07 Å². The molecule has 0 aliphatic carbocycles. The number of carbonyl (C=O) groups is 1. The van der Waals surface area contributed by atoms with Gasteiger partial charge in [-0.05, 0) is 54.7 Å². The molecule has 126 valence electrons. The summed E-state index contributed by atoms with van der Waals surface area (Å²) in [6, 6.07) is 6.76. The molecule has 1 N–H and O–H groups in total. The van der Waals surface area contributed by atoms with Crippen molar-refractivity contribution in [2.24, 2.45) is 0 Å². The topological polar surface area (TPSA) is 66.5 Å². The van der Waals surface area contributed by atoms with Crippen LogP contribution < -0.4 is 9.62 Å². The SMILES string of the molecule is O=C1CCc2cc(NS(=O)(=O)c3ccc(Cl)s3)cc3c2N1CCC3. The normalized spacial score (nSPS) is 16.9. The molecule has 1 amide bonds. The molecule has 5 nitrogen and oxygen atoms in total. The van der Waals surface area contributed by atoms with E-state index in [2.05, 4.69) is 4.72 Å². The number of nitrogens with one attached hydrogen (secondary N) is 1. The van der Waals surface area contributed by atoms with Gasteiger partial charge in [0.15, 0.2) is 0 Å². The lowest BCUT2D eigenvalue weighted by molar-refractivity contribution is -0.119. The molecule has 1 aromatic carbocycles. The number of carbonyl (C=O) groups excluding carboxylic acids is 1. The molecule has 24 heavy (non-hydrogen) atoms. The van der Waals surface area contributed by atoms with E-state index in [4.69, 9.17) is 11.6 Å². The van der Waals surface area contributed by atoms with Crippen molar-refractivity contribution < 1.29 is 13.2 Å². The van der Waals surface area contributed by atoms with E-state index in [-0.39, 0.29) is 10.1 Å². The Balaban J connectivity index is 1.72. The first-order chi connectivity index (χ1) is 11.4. The van der Waals surface area contributed by atoms with Crippen molar-refractivity contribution in [1.29, 1.82) is 0 Å². The van der Waals surface area contributed by atoms with Crippen molar-refractivity contribution in [1.82, 2.24) is 0 Å². The largest absolute Gasteiger partial charge is 0.312 e. The van der Waals surface area contributed by atoms with Crippen molar-refractivity contribution in [3.05, 3.63) is 39.7 Å². The summed E-state index contributed by atoms with van der Waals surface area (Å²) >= 11 is 6.86. The molecular weight excluding hydrogens is 368 g/mol. The lowest BCUT2D eigenvalue weighted by atomic mass is 9.91. The van der Waals surface area contributed by atoms with Crippen LogP contribution in [0.25, 0.3) is 0 Å². The van der Waals surface area contributed by atoms with Gasteiger partial charge in [0.25, 0.3) is 10.0 Å². The van der Waals surface area contributed by atoms with E-state index in [0.29, 0.717) is 22.9 Å². The highest BCUT2D eigenvalue weighted by atomic mass is 35.5. The Hall–Kier alpha value is -1.57. The summed E-state index contributed by atoms with van der Waals surface area (Å²) in [6.07, 6.45) is 2.88. The summed E-state index contributed by atoms with van der Waals surface area (Å²) in [5.41, 5.74) is 3.60. The van der Waals surface area contributed by atoms with Crippen molar-refractivity contribution in [3.63, 3.8) is 0 Å². The number of benzene rings is 1. The van der Waals surface area contributed by atoms with Crippen LogP contribution in [-0.4, -0.2) is 20.9 Å². The maximum absolute atomic E-state index is 12.5. The van der Waals surface area contributed by atoms with Gasteiger partial charge >= 0.3 is 0 Å². The minimum Gasteiger partial charge on any atom is -0.312 e. The summed E-state index contributed by atoms with van der Waals surface area (Å²) in [7, 11) is -3.65. The van der Waals surface area contributed by atoms with Crippen LogP contribution in [0.1, 0.15) is 24.0 Å². The fourth-order valence-corrected chi connectivity index (χ4v) is 5.88. The summed E-state index contributed by atoms with van der Waals surface area (Å²) < 4.78 is 28.2. The van der Waals surface area contributed by atoms with Gasteiger partial charge in [-0.25, -0.2) is 8.42 Å². The second kappa shape index (κ2) is 5.75. The standard InChI is InChI=1S/C16H15ClN2O3S2/c17-13-4-6-15(23-13)24(21,22)18-12-8-10-2-1-7-19-14(20)5-3-11(9-12)16(10)19/h4,6,8-9,18H,1-3,5,7H2. The summed E-state index contributed by atoms with van der Waals surface area (Å²) in [5, 5.41) is 0. The minimum absolute atomic E-state index is 0.157. The average molecular weight is 383 g/mol. The molecule has 8 heteroatoms. The van der Waals surface area contributed by atoms with Crippen LogP contribution in [0.2, 0.25) is 4.34 Å². The van der Waals surface area contributed by atoms with Gasteiger partial charge in [-0.15, -0.1) is 11.3 Å². The molecule has 0 saturated carbocycles. The number of aryl methyl sites for hydroxylation is 2.